The normalized spacial score (nSPS) is 10.6. The monoisotopic (exact) mass is 371 g/mol. The van der Waals surface area contributed by atoms with E-state index in [0.29, 0.717) is 34.6 Å². The number of aryl methyl sites for hydroxylation is 1. The largest absolute Gasteiger partial charge is 0.497 e. The van der Waals surface area contributed by atoms with Gasteiger partial charge in [-0.2, -0.15) is 4.98 Å². The Balaban J connectivity index is 1.61. The predicted octanol–water partition coefficient (Wildman–Crippen LogP) is 4.28. The van der Waals surface area contributed by atoms with E-state index in [1.165, 1.54) is 0 Å². The van der Waals surface area contributed by atoms with Crippen LogP contribution in [-0.4, -0.2) is 23.2 Å². The van der Waals surface area contributed by atoms with E-state index in [-0.39, 0.29) is 12.3 Å². The molecule has 2 aromatic carbocycles. The van der Waals surface area contributed by atoms with Crippen LogP contribution in [0.25, 0.3) is 11.4 Å². The summed E-state index contributed by atoms with van der Waals surface area (Å²) in [5, 5.41) is 7.42. The highest BCUT2D eigenvalue weighted by molar-refractivity contribution is 6.31. The lowest BCUT2D eigenvalue weighted by Crippen LogP contribution is -2.13. The number of amides is 1. The Bertz CT molecular complexity index is 924. The first-order chi connectivity index (χ1) is 12.6. The molecule has 0 atom stereocenters. The molecule has 1 heterocycles. The van der Waals surface area contributed by atoms with Gasteiger partial charge in [0.15, 0.2) is 0 Å². The quantitative estimate of drug-likeness (QED) is 0.699. The van der Waals surface area contributed by atoms with Crippen LogP contribution in [-0.2, 0) is 11.2 Å². The van der Waals surface area contributed by atoms with Gasteiger partial charge in [-0.1, -0.05) is 35.0 Å². The summed E-state index contributed by atoms with van der Waals surface area (Å²) in [6.07, 6.45) is 0.577. The molecular formula is C19H18ClN3O3. The third kappa shape index (κ3) is 4.21. The van der Waals surface area contributed by atoms with E-state index in [9.17, 15) is 4.79 Å². The first-order valence-corrected chi connectivity index (χ1v) is 8.46. The molecule has 0 radical (unpaired) electrons. The number of hydrogen-bond acceptors (Lipinski definition) is 5. The second-order valence-electron chi connectivity index (χ2n) is 5.70. The van der Waals surface area contributed by atoms with Crippen LogP contribution in [0.4, 0.5) is 5.69 Å². The zero-order valence-electron chi connectivity index (χ0n) is 14.5. The molecule has 3 aromatic rings. The van der Waals surface area contributed by atoms with Crippen LogP contribution in [0.3, 0.4) is 0 Å². The molecule has 26 heavy (non-hydrogen) atoms. The van der Waals surface area contributed by atoms with Crippen molar-refractivity contribution in [2.45, 2.75) is 19.8 Å². The van der Waals surface area contributed by atoms with Gasteiger partial charge in [-0.25, -0.2) is 0 Å². The first-order valence-electron chi connectivity index (χ1n) is 8.09. The van der Waals surface area contributed by atoms with Gasteiger partial charge in [-0.15, -0.1) is 0 Å². The molecule has 1 amide bonds. The first kappa shape index (κ1) is 17.9. The van der Waals surface area contributed by atoms with E-state index in [4.69, 9.17) is 20.9 Å². The molecule has 0 spiro atoms. The van der Waals surface area contributed by atoms with Crippen molar-refractivity contribution >= 4 is 23.2 Å². The zero-order valence-corrected chi connectivity index (χ0v) is 15.2. The molecule has 0 saturated carbocycles. The Labute approximate surface area is 156 Å². The van der Waals surface area contributed by atoms with Gasteiger partial charge in [-0.3, -0.25) is 4.79 Å². The number of aromatic nitrogens is 2. The zero-order chi connectivity index (χ0) is 18.5. The minimum atomic E-state index is -0.142. The maximum absolute atomic E-state index is 12.1. The van der Waals surface area contributed by atoms with Crippen LogP contribution < -0.4 is 10.1 Å². The molecule has 0 unspecified atom stereocenters. The van der Waals surface area contributed by atoms with Crippen molar-refractivity contribution in [2.24, 2.45) is 0 Å². The summed E-state index contributed by atoms with van der Waals surface area (Å²) in [6, 6.07) is 12.8. The molecule has 0 aliphatic rings. The van der Waals surface area contributed by atoms with Crippen LogP contribution in [0.5, 0.6) is 5.75 Å². The van der Waals surface area contributed by atoms with Gasteiger partial charge >= 0.3 is 0 Å². The molecule has 0 saturated heterocycles. The third-order valence-corrected chi connectivity index (χ3v) is 4.31. The Hall–Kier alpha value is -2.86. The minimum Gasteiger partial charge on any atom is -0.497 e. The average Bonchev–Trinajstić information content (AvgIpc) is 3.13. The van der Waals surface area contributed by atoms with Gasteiger partial charge in [0.05, 0.1) is 7.11 Å². The van der Waals surface area contributed by atoms with Gasteiger partial charge in [0.1, 0.15) is 5.75 Å². The van der Waals surface area contributed by atoms with Crippen molar-refractivity contribution in [1.82, 2.24) is 10.1 Å². The van der Waals surface area contributed by atoms with Crippen molar-refractivity contribution < 1.29 is 14.1 Å². The van der Waals surface area contributed by atoms with E-state index < -0.39 is 0 Å². The number of nitrogens with zero attached hydrogens (tertiary/aromatic N) is 2. The number of anilines is 1. The highest BCUT2D eigenvalue weighted by Crippen LogP contribution is 2.24. The van der Waals surface area contributed by atoms with E-state index in [0.717, 1.165) is 11.1 Å². The number of carbonyl (C=O) groups excluding carboxylic acids is 1. The SMILES string of the molecule is COc1cccc(-c2noc(CCC(=O)Nc3cccc(Cl)c3C)n2)c1. The smallest absolute Gasteiger partial charge is 0.227 e. The van der Waals surface area contributed by atoms with Gasteiger partial charge in [0, 0.05) is 29.1 Å². The van der Waals surface area contributed by atoms with Crippen LogP contribution in [0.2, 0.25) is 5.02 Å². The lowest BCUT2D eigenvalue weighted by atomic mass is 10.2. The maximum Gasteiger partial charge on any atom is 0.227 e. The number of ether oxygens (including phenoxy) is 1. The highest BCUT2D eigenvalue weighted by atomic mass is 35.5. The van der Waals surface area contributed by atoms with Gasteiger partial charge in [0.2, 0.25) is 17.6 Å². The second-order valence-corrected chi connectivity index (χ2v) is 6.11. The van der Waals surface area contributed by atoms with E-state index in [1.54, 1.807) is 19.2 Å². The van der Waals surface area contributed by atoms with Crippen LogP contribution in [0, 0.1) is 6.92 Å². The molecule has 0 fully saturated rings. The average molecular weight is 372 g/mol. The number of benzene rings is 2. The molecule has 1 aromatic heterocycles. The summed E-state index contributed by atoms with van der Waals surface area (Å²) in [5.74, 6) is 1.44. The Morgan fingerprint density at radius 1 is 1.27 bits per heavy atom. The Kier molecular flexibility index (Phi) is 5.53. The van der Waals surface area contributed by atoms with Crippen molar-refractivity contribution in [2.75, 3.05) is 12.4 Å². The number of methoxy groups -OCH3 is 1. The van der Waals surface area contributed by atoms with Gasteiger partial charge < -0.3 is 14.6 Å². The van der Waals surface area contributed by atoms with Crippen LogP contribution >= 0.6 is 11.6 Å². The molecule has 3 rings (SSSR count). The fourth-order valence-electron chi connectivity index (χ4n) is 2.41. The summed E-state index contributed by atoms with van der Waals surface area (Å²) in [5.41, 5.74) is 2.32. The summed E-state index contributed by atoms with van der Waals surface area (Å²) in [6.45, 7) is 1.86. The summed E-state index contributed by atoms with van der Waals surface area (Å²) in [7, 11) is 1.60. The lowest BCUT2D eigenvalue weighted by molar-refractivity contribution is -0.116. The second kappa shape index (κ2) is 8.01. The molecular weight excluding hydrogens is 354 g/mol. The summed E-state index contributed by atoms with van der Waals surface area (Å²) < 4.78 is 10.4. The van der Waals surface area contributed by atoms with Crippen molar-refractivity contribution in [1.29, 1.82) is 0 Å². The van der Waals surface area contributed by atoms with Crippen LogP contribution in [0.15, 0.2) is 47.0 Å². The number of carbonyl (C=O) groups is 1. The summed E-state index contributed by atoms with van der Waals surface area (Å²) >= 11 is 6.06. The minimum absolute atomic E-state index is 0.142. The summed E-state index contributed by atoms with van der Waals surface area (Å²) in [4.78, 5) is 16.5. The Morgan fingerprint density at radius 2 is 2.08 bits per heavy atom. The fourth-order valence-corrected chi connectivity index (χ4v) is 2.59. The third-order valence-electron chi connectivity index (χ3n) is 3.90. The standard InChI is InChI=1S/C19H18ClN3O3/c1-12-15(20)7-4-8-16(12)21-17(24)9-10-18-22-19(23-26-18)13-5-3-6-14(11-13)25-2/h3-8,11H,9-10H2,1-2H3,(H,21,24). The van der Waals surface area contributed by atoms with E-state index in [2.05, 4.69) is 15.5 Å². The molecule has 1 N–H and O–H groups in total. The molecule has 0 aliphatic carbocycles. The number of nitrogens with one attached hydrogen (secondary N) is 1. The van der Waals surface area contributed by atoms with Gasteiger partial charge in [0.25, 0.3) is 0 Å². The fraction of sp³-hybridized carbons (Fsp3) is 0.211. The Morgan fingerprint density at radius 3 is 2.88 bits per heavy atom. The lowest BCUT2D eigenvalue weighted by Gasteiger charge is -2.08. The molecule has 7 heteroatoms. The van der Waals surface area contributed by atoms with Crippen molar-refractivity contribution in [3.8, 4) is 17.1 Å². The molecule has 6 nitrogen and oxygen atoms in total. The molecule has 0 bridgehead atoms. The highest BCUT2D eigenvalue weighted by Gasteiger charge is 2.12. The van der Waals surface area contributed by atoms with E-state index in [1.807, 2.05) is 37.3 Å². The number of hydrogen-bond donors (Lipinski definition) is 1. The maximum atomic E-state index is 12.1. The molecule has 134 valence electrons. The van der Waals surface area contributed by atoms with Crippen LogP contribution in [0.1, 0.15) is 17.9 Å². The number of rotatable bonds is 6. The van der Waals surface area contributed by atoms with Crippen molar-refractivity contribution in [3.63, 3.8) is 0 Å². The predicted molar refractivity (Wildman–Crippen MR) is 99.4 cm³/mol. The van der Waals surface area contributed by atoms with E-state index >= 15 is 0 Å². The number of halogens is 1. The topological polar surface area (TPSA) is 77.2 Å². The van der Waals surface area contributed by atoms with Gasteiger partial charge in [-0.05, 0) is 36.8 Å². The van der Waals surface area contributed by atoms with Crippen molar-refractivity contribution in [3.05, 3.63) is 58.9 Å². The molecule has 0 aliphatic heterocycles.